The topological polar surface area (TPSA) is 95.2 Å². The minimum Gasteiger partial charge on any atom is -0.507 e. The van der Waals surface area contributed by atoms with Gasteiger partial charge in [-0.05, 0) is 56.3 Å². The Hall–Kier alpha value is -3.74. The molecule has 0 spiro atoms. The molecule has 0 saturated carbocycles. The van der Waals surface area contributed by atoms with Crippen LogP contribution in [0.15, 0.2) is 64.4 Å². The maximum absolute atomic E-state index is 13.0. The first-order valence-corrected chi connectivity index (χ1v) is 9.69. The summed E-state index contributed by atoms with van der Waals surface area (Å²) in [6.07, 6.45) is 4.97. The molecule has 0 aliphatic carbocycles. The third-order valence-electron chi connectivity index (χ3n) is 4.50. The monoisotopic (exact) mass is 424 g/mol. The maximum atomic E-state index is 13.0. The lowest BCUT2D eigenvalue weighted by molar-refractivity contribution is -0.139. The van der Waals surface area contributed by atoms with Crippen LogP contribution in [0.4, 0.5) is 0 Å². The maximum Gasteiger partial charge on any atom is 0.302 e. The summed E-state index contributed by atoms with van der Waals surface area (Å²) in [5, 5.41) is 10.5. The molecule has 0 amide bonds. The minimum absolute atomic E-state index is 0.0994. The second-order valence-electron chi connectivity index (χ2n) is 7.35. The van der Waals surface area contributed by atoms with Gasteiger partial charge in [-0.3, -0.25) is 9.59 Å². The standard InChI is InChI=1S/C24H24O7/c1-5-24(3,4)31-19-12-11-16-21(27)20-17(26)9-8-10-18(20)30-22(16)23(19)29-14-7-6-13-28-15(2)25/h5-12,26H,1,13-14H2,2-4H3/b7-6+. The van der Waals surface area contributed by atoms with Crippen molar-refractivity contribution in [3.63, 3.8) is 0 Å². The lowest BCUT2D eigenvalue weighted by Gasteiger charge is -2.24. The molecule has 0 atom stereocenters. The number of carbonyl (C=O) groups is 1. The van der Waals surface area contributed by atoms with Gasteiger partial charge in [-0.25, -0.2) is 0 Å². The van der Waals surface area contributed by atoms with Crippen LogP contribution in [0.5, 0.6) is 17.2 Å². The largest absolute Gasteiger partial charge is 0.507 e. The van der Waals surface area contributed by atoms with Crippen LogP contribution in [0.2, 0.25) is 0 Å². The first-order valence-electron chi connectivity index (χ1n) is 9.69. The van der Waals surface area contributed by atoms with Gasteiger partial charge in [-0.15, -0.1) is 0 Å². The number of phenolic OH excluding ortho intramolecular Hbond substituents is 1. The quantitative estimate of drug-likeness (QED) is 0.323. The van der Waals surface area contributed by atoms with Gasteiger partial charge in [-0.1, -0.05) is 12.6 Å². The van der Waals surface area contributed by atoms with Gasteiger partial charge in [0.25, 0.3) is 0 Å². The average molecular weight is 424 g/mol. The van der Waals surface area contributed by atoms with Gasteiger partial charge in [0.1, 0.15) is 35.5 Å². The summed E-state index contributed by atoms with van der Waals surface area (Å²) in [6.45, 7) is 9.02. The molecule has 1 N–H and O–H groups in total. The van der Waals surface area contributed by atoms with Gasteiger partial charge < -0.3 is 23.7 Å². The summed E-state index contributed by atoms with van der Waals surface area (Å²) < 4.78 is 22.7. The second-order valence-corrected chi connectivity index (χ2v) is 7.35. The lowest BCUT2D eigenvalue weighted by Crippen LogP contribution is -2.25. The Morgan fingerprint density at radius 2 is 1.94 bits per heavy atom. The van der Waals surface area contributed by atoms with E-state index in [1.54, 1.807) is 42.5 Å². The average Bonchev–Trinajstić information content (AvgIpc) is 2.71. The summed E-state index contributed by atoms with van der Waals surface area (Å²) in [5.74, 6) is 0.0800. The van der Waals surface area contributed by atoms with Crippen molar-refractivity contribution in [2.45, 2.75) is 26.4 Å². The Labute approximate surface area is 179 Å². The number of aromatic hydroxyl groups is 1. The highest BCUT2D eigenvalue weighted by Gasteiger charge is 2.22. The third kappa shape index (κ3) is 4.88. The molecule has 162 valence electrons. The predicted octanol–water partition coefficient (Wildman–Crippen LogP) is 4.49. The van der Waals surface area contributed by atoms with Crippen molar-refractivity contribution < 1.29 is 28.5 Å². The fraction of sp³-hybridized carbons (Fsp3) is 0.250. The molecule has 0 radical (unpaired) electrons. The highest BCUT2D eigenvalue weighted by Crippen LogP contribution is 2.39. The SMILES string of the molecule is C=CC(C)(C)Oc1ccc2c(=O)c3c(O)cccc3oc2c1OC/C=C/COC(C)=O. The van der Waals surface area contributed by atoms with Crippen molar-refractivity contribution in [1.29, 1.82) is 0 Å². The Bertz CT molecular complexity index is 1220. The first-order chi connectivity index (χ1) is 14.7. The van der Waals surface area contributed by atoms with E-state index in [1.165, 1.54) is 13.0 Å². The Morgan fingerprint density at radius 3 is 2.65 bits per heavy atom. The van der Waals surface area contributed by atoms with E-state index in [0.29, 0.717) is 5.75 Å². The predicted molar refractivity (Wildman–Crippen MR) is 118 cm³/mol. The summed E-state index contributed by atoms with van der Waals surface area (Å²) in [7, 11) is 0. The van der Waals surface area contributed by atoms with Gasteiger partial charge in [0.05, 0.1) is 5.39 Å². The van der Waals surface area contributed by atoms with Gasteiger partial charge in [-0.2, -0.15) is 0 Å². The third-order valence-corrected chi connectivity index (χ3v) is 4.50. The van der Waals surface area contributed by atoms with Crippen LogP contribution in [0, 0.1) is 0 Å². The number of hydrogen-bond donors (Lipinski definition) is 1. The zero-order chi connectivity index (χ0) is 22.6. The summed E-state index contributed by atoms with van der Waals surface area (Å²) in [4.78, 5) is 23.8. The van der Waals surface area contributed by atoms with Crippen LogP contribution in [0.3, 0.4) is 0 Å². The van der Waals surface area contributed by atoms with Crippen molar-refractivity contribution in [3.8, 4) is 17.2 Å². The van der Waals surface area contributed by atoms with Crippen LogP contribution >= 0.6 is 0 Å². The lowest BCUT2D eigenvalue weighted by atomic mass is 10.1. The van der Waals surface area contributed by atoms with E-state index in [1.807, 2.05) is 13.8 Å². The molecule has 0 unspecified atom stereocenters. The molecule has 0 bridgehead atoms. The fourth-order valence-electron chi connectivity index (χ4n) is 2.88. The molecule has 0 saturated heterocycles. The van der Waals surface area contributed by atoms with E-state index in [0.717, 1.165) is 0 Å². The summed E-state index contributed by atoms with van der Waals surface area (Å²) in [5.41, 5.74) is -0.646. The number of benzene rings is 2. The van der Waals surface area contributed by atoms with E-state index < -0.39 is 5.60 Å². The minimum atomic E-state index is -0.702. The number of carbonyl (C=O) groups excluding carboxylic acids is 1. The molecule has 0 fully saturated rings. The van der Waals surface area contributed by atoms with Crippen LogP contribution in [-0.2, 0) is 9.53 Å². The highest BCUT2D eigenvalue weighted by molar-refractivity contribution is 5.96. The Balaban J connectivity index is 2.09. The number of hydrogen-bond acceptors (Lipinski definition) is 7. The Morgan fingerprint density at radius 1 is 1.19 bits per heavy atom. The van der Waals surface area contributed by atoms with E-state index in [4.69, 9.17) is 18.6 Å². The van der Waals surface area contributed by atoms with Crippen molar-refractivity contribution in [2.75, 3.05) is 13.2 Å². The highest BCUT2D eigenvalue weighted by atomic mass is 16.5. The van der Waals surface area contributed by atoms with Crippen molar-refractivity contribution in [1.82, 2.24) is 0 Å². The number of rotatable bonds is 8. The molecule has 0 aliphatic heterocycles. The van der Waals surface area contributed by atoms with Crippen molar-refractivity contribution in [2.24, 2.45) is 0 Å². The zero-order valence-corrected chi connectivity index (χ0v) is 17.6. The van der Waals surface area contributed by atoms with E-state index >= 15 is 0 Å². The van der Waals surface area contributed by atoms with E-state index in [2.05, 4.69) is 6.58 Å². The van der Waals surface area contributed by atoms with Gasteiger partial charge in [0.15, 0.2) is 11.3 Å². The molecule has 3 aromatic rings. The number of fused-ring (bicyclic) bond motifs is 2. The van der Waals surface area contributed by atoms with Crippen LogP contribution < -0.4 is 14.9 Å². The molecular weight excluding hydrogens is 400 g/mol. The first kappa shape index (κ1) is 22.0. The van der Waals surface area contributed by atoms with Gasteiger partial charge >= 0.3 is 5.97 Å². The summed E-state index contributed by atoms with van der Waals surface area (Å²) in [6, 6.07) is 7.81. The molecule has 3 rings (SSSR count). The Kier molecular flexibility index (Phi) is 6.34. The van der Waals surface area contributed by atoms with Gasteiger partial charge in [0.2, 0.25) is 11.2 Å². The molecule has 1 heterocycles. The molecule has 31 heavy (non-hydrogen) atoms. The van der Waals surface area contributed by atoms with Crippen LogP contribution in [-0.4, -0.2) is 29.9 Å². The molecule has 7 heteroatoms. The molecule has 1 aromatic heterocycles. The zero-order valence-electron chi connectivity index (χ0n) is 17.6. The number of esters is 1. The fourth-order valence-corrected chi connectivity index (χ4v) is 2.88. The molecule has 0 aliphatic rings. The van der Waals surface area contributed by atoms with Gasteiger partial charge in [0, 0.05) is 6.92 Å². The molecular formula is C24H24O7. The van der Waals surface area contributed by atoms with E-state index in [9.17, 15) is 14.7 Å². The molecule has 7 nitrogen and oxygen atoms in total. The van der Waals surface area contributed by atoms with Crippen LogP contribution in [0.25, 0.3) is 21.9 Å². The summed E-state index contributed by atoms with van der Waals surface area (Å²) >= 11 is 0. The van der Waals surface area contributed by atoms with Crippen LogP contribution in [0.1, 0.15) is 20.8 Å². The smallest absolute Gasteiger partial charge is 0.302 e. The van der Waals surface area contributed by atoms with E-state index in [-0.39, 0.29) is 58.0 Å². The number of ether oxygens (including phenoxy) is 3. The number of phenols is 1. The van der Waals surface area contributed by atoms with Crippen molar-refractivity contribution >= 4 is 27.9 Å². The normalized spacial score (nSPS) is 11.7. The molecule has 2 aromatic carbocycles. The van der Waals surface area contributed by atoms with Crippen molar-refractivity contribution in [3.05, 3.63) is 65.4 Å². The second kappa shape index (κ2) is 8.95.